The molecule has 0 spiro atoms. The quantitative estimate of drug-likeness (QED) is 0.431. The van der Waals surface area contributed by atoms with E-state index >= 15 is 0 Å². The third-order valence-electron chi connectivity index (χ3n) is 0.349. The lowest BCUT2D eigenvalue weighted by Gasteiger charge is -1.99. The van der Waals surface area contributed by atoms with Crippen LogP contribution in [0.25, 0.3) is 0 Å². The van der Waals surface area contributed by atoms with E-state index in [2.05, 4.69) is 7.85 Å². The molecule has 0 fully saturated rings. The summed E-state index contributed by atoms with van der Waals surface area (Å²) in [6.07, 6.45) is -4.64. The highest BCUT2D eigenvalue weighted by molar-refractivity contribution is 6.48. The molecule has 0 aliphatic rings. The molecule has 7 heavy (non-hydrogen) atoms. The average molecular weight is 105 g/mol. The Morgan fingerprint density at radius 2 is 1.86 bits per heavy atom. The van der Waals surface area contributed by atoms with Crippen molar-refractivity contribution in [2.75, 3.05) is 0 Å². The summed E-state index contributed by atoms with van der Waals surface area (Å²) in [6.45, 7) is 0. The molecule has 3 radical (unpaired) electrons. The van der Waals surface area contributed by atoms with Crippen LogP contribution in [0.4, 0.5) is 13.2 Å². The lowest BCUT2D eigenvalue weighted by atomic mass is 9.65. The van der Waals surface area contributed by atoms with Gasteiger partial charge in [0.25, 0.3) is 0 Å². The van der Waals surface area contributed by atoms with E-state index in [4.69, 9.17) is 0 Å². The minimum Gasteiger partial charge on any atom is -0.183 e. The van der Waals surface area contributed by atoms with Crippen LogP contribution in [0.5, 0.6) is 0 Å². The molecule has 0 bridgehead atoms. The number of alkyl halides is 3. The molecule has 0 aromatic rings. The van der Waals surface area contributed by atoms with E-state index in [9.17, 15) is 13.2 Å². The number of halogens is 3. The van der Waals surface area contributed by atoms with Crippen LogP contribution in [-0.2, 0) is 0 Å². The number of hydrogen-bond acceptors (Lipinski definition) is 0. The summed E-state index contributed by atoms with van der Waals surface area (Å²) in [4.78, 5) is 0. The summed E-state index contributed by atoms with van der Waals surface area (Å²) in [5, 5.41) is 0. The van der Waals surface area contributed by atoms with Gasteiger partial charge >= 0.3 is 6.08 Å². The van der Waals surface area contributed by atoms with Crippen LogP contribution in [-0.4, -0.2) is 21.2 Å². The molecule has 0 aromatic heterocycles. The van der Waals surface area contributed by atoms with E-state index < -0.39 is 12.3 Å². The maximum Gasteiger partial charge on any atom is 0.338 e. The molecular formula is C2H2B2F3. The SMILES string of the molecule is [B]C[B]C(F)(F)F. The van der Waals surface area contributed by atoms with Crippen molar-refractivity contribution in [3.8, 4) is 0 Å². The zero-order valence-electron chi connectivity index (χ0n) is 3.50. The Labute approximate surface area is 41.7 Å². The first kappa shape index (κ1) is 6.92. The van der Waals surface area contributed by atoms with Gasteiger partial charge in [-0.25, -0.2) is 0 Å². The van der Waals surface area contributed by atoms with Crippen molar-refractivity contribution >= 4 is 15.1 Å². The molecule has 0 atom stereocenters. The zero-order valence-corrected chi connectivity index (χ0v) is 3.50. The van der Waals surface area contributed by atoms with E-state index in [1.165, 1.54) is 0 Å². The van der Waals surface area contributed by atoms with Crippen molar-refractivity contribution in [1.82, 2.24) is 0 Å². The van der Waals surface area contributed by atoms with E-state index in [-0.39, 0.29) is 7.28 Å². The monoisotopic (exact) mass is 105 g/mol. The molecule has 0 saturated heterocycles. The van der Waals surface area contributed by atoms with Gasteiger partial charge in [-0.1, -0.05) is 0 Å². The standard InChI is InChI=1S/C2H2B2F3/c3-1-4-2(5,6)7/h1H2. The molecule has 0 unspecified atom stereocenters. The van der Waals surface area contributed by atoms with Crippen LogP contribution in [0.2, 0.25) is 6.22 Å². The Morgan fingerprint density at radius 1 is 1.43 bits per heavy atom. The highest BCUT2D eigenvalue weighted by Crippen LogP contribution is 2.12. The van der Waals surface area contributed by atoms with E-state index in [1.54, 1.807) is 0 Å². The average Bonchev–Trinajstić information content (AvgIpc) is 1.30. The van der Waals surface area contributed by atoms with Crippen LogP contribution < -0.4 is 0 Å². The van der Waals surface area contributed by atoms with Gasteiger partial charge in [-0.3, -0.25) is 0 Å². The molecule has 0 nitrogen and oxygen atoms in total. The minimum atomic E-state index is -4.20. The number of hydrogen-bond donors (Lipinski definition) is 0. The topological polar surface area (TPSA) is 0 Å². The van der Waals surface area contributed by atoms with Crippen molar-refractivity contribution in [2.45, 2.75) is 12.3 Å². The molecule has 0 aromatic carbocycles. The van der Waals surface area contributed by atoms with Crippen molar-refractivity contribution in [3.05, 3.63) is 0 Å². The largest absolute Gasteiger partial charge is 0.338 e. The molecular weight excluding hydrogens is 103 g/mol. The van der Waals surface area contributed by atoms with E-state index in [0.717, 1.165) is 0 Å². The third-order valence-corrected chi connectivity index (χ3v) is 0.349. The van der Waals surface area contributed by atoms with Crippen LogP contribution in [0, 0.1) is 0 Å². The van der Waals surface area contributed by atoms with E-state index in [0.29, 0.717) is 0 Å². The Morgan fingerprint density at radius 3 is 1.86 bits per heavy atom. The predicted octanol–water partition coefficient (Wildman–Crippen LogP) is 0.755. The molecule has 0 saturated carbocycles. The lowest BCUT2D eigenvalue weighted by Crippen LogP contribution is -2.17. The third kappa shape index (κ3) is 5.92. The van der Waals surface area contributed by atoms with E-state index in [1.807, 2.05) is 0 Å². The van der Waals surface area contributed by atoms with Gasteiger partial charge in [0.05, 0.1) is 7.85 Å². The summed E-state index contributed by atoms with van der Waals surface area (Å²) >= 11 is 0. The summed E-state index contributed by atoms with van der Waals surface area (Å²) in [5.74, 6) is 0. The second kappa shape index (κ2) is 2.28. The zero-order chi connectivity index (χ0) is 5.91. The Kier molecular flexibility index (Phi) is 2.26. The lowest BCUT2D eigenvalue weighted by molar-refractivity contribution is -0.0467. The van der Waals surface area contributed by atoms with Gasteiger partial charge in [0.2, 0.25) is 7.28 Å². The predicted molar refractivity (Wildman–Crippen MR) is 22.4 cm³/mol. The second-order valence-electron chi connectivity index (χ2n) is 0.981. The summed E-state index contributed by atoms with van der Waals surface area (Å²) in [7, 11) is 4.63. The first-order valence-electron chi connectivity index (χ1n) is 1.67. The Hall–Kier alpha value is -0.0801. The number of rotatable bonds is 1. The highest BCUT2D eigenvalue weighted by Gasteiger charge is 2.25. The Bertz CT molecular complexity index is 49.4. The molecule has 0 aliphatic heterocycles. The maximum absolute atomic E-state index is 10.9. The van der Waals surface area contributed by atoms with Crippen molar-refractivity contribution in [3.63, 3.8) is 0 Å². The fourth-order valence-corrected chi connectivity index (χ4v) is 0.134. The fraction of sp³-hybridized carbons (Fsp3) is 1.00. The van der Waals surface area contributed by atoms with Gasteiger partial charge in [0.1, 0.15) is 0 Å². The normalized spacial score (nSPS) is 11.3. The van der Waals surface area contributed by atoms with Crippen LogP contribution >= 0.6 is 0 Å². The molecule has 5 heteroatoms. The summed E-state index contributed by atoms with van der Waals surface area (Å²) in [5.41, 5.74) is 0. The van der Waals surface area contributed by atoms with Crippen LogP contribution in [0.1, 0.15) is 0 Å². The van der Waals surface area contributed by atoms with Crippen molar-refractivity contribution < 1.29 is 13.2 Å². The molecule has 0 amide bonds. The minimum absolute atomic E-state index is 0.0903. The molecule has 0 aliphatic carbocycles. The van der Waals surface area contributed by atoms with Crippen molar-refractivity contribution in [1.29, 1.82) is 0 Å². The molecule has 0 rings (SSSR count). The summed E-state index contributed by atoms with van der Waals surface area (Å²) < 4.78 is 32.8. The van der Waals surface area contributed by atoms with Crippen molar-refractivity contribution in [2.24, 2.45) is 0 Å². The first-order chi connectivity index (χ1) is 3.06. The van der Waals surface area contributed by atoms with Crippen LogP contribution in [0.3, 0.4) is 0 Å². The Balaban J connectivity index is 3.15. The highest BCUT2D eigenvalue weighted by atomic mass is 19.4. The smallest absolute Gasteiger partial charge is 0.183 e. The van der Waals surface area contributed by atoms with Gasteiger partial charge < -0.3 is 0 Å². The van der Waals surface area contributed by atoms with Gasteiger partial charge in [-0.15, -0.1) is 6.22 Å². The molecule has 37 valence electrons. The first-order valence-corrected chi connectivity index (χ1v) is 1.67. The second-order valence-corrected chi connectivity index (χ2v) is 0.981. The van der Waals surface area contributed by atoms with Gasteiger partial charge in [-0.05, 0) is 0 Å². The van der Waals surface area contributed by atoms with Gasteiger partial charge in [0, 0.05) is 0 Å². The van der Waals surface area contributed by atoms with Gasteiger partial charge in [-0.2, -0.15) is 13.2 Å². The molecule has 0 heterocycles. The molecule has 0 N–H and O–H groups in total. The van der Waals surface area contributed by atoms with Gasteiger partial charge in [0.15, 0.2) is 0 Å². The maximum atomic E-state index is 10.9. The summed E-state index contributed by atoms with van der Waals surface area (Å²) in [6, 6.07) is 0. The van der Waals surface area contributed by atoms with Crippen LogP contribution in [0.15, 0.2) is 0 Å². The fourth-order valence-electron chi connectivity index (χ4n) is 0.134.